The Morgan fingerprint density at radius 2 is 1.92 bits per heavy atom. The van der Waals surface area contributed by atoms with Crippen LogP contribution in [0.1, 0.15) is 24.5 Å². The topological polar surface area (TPSA) is 39.7 Å². The van der Waals surface area contributed by atoms with Gasteiger partial charge in [0.25, 0.3) is 0 Å². The molecule has 0 unspecified atom stereocenters. The third-order valence-corrected chi connectivity index (χ3v) is 3.92. The molecule has 0 atom stereocenters. The standard InChI is InChI=1S/C20H26ClNO3/c1-3-24-11-7-10-22-14-17-12-18(21)13-19(23-2)20(17)25-15-16-8-5-4-6-9-16/h4-6,8-9,12-13,22H,3,7,10-11,14-15H2,1-2H3. The fourth-order valence-electron chi connectivity index (χ4n) is 2.47. The van der Waals surface area contributed by atoms with Crippen molar-refractivity contribution in [1.82, 2.24) is 5.32 Å². The first-order valence-electron chi connectivity index (χ1n) is 8.56. The zero-order valence-corrected chi connectivity index (χ0v) is 15.6. The molecular formula is C20H26ClNO3. The third-order valence-electron chi connectivity index (χ3n) is 3.70. The van der Waals surface area contributed by atoms with Crippen molar-refractivity contribution in [2.75, 3.05) is 26.9 Å². The van der Waals surface area contributed by atoms with Crippen LogP contribution in [-0.4, -0.2) is 26.9 Å². The van der Waals surface area contributed by atoms with Crippen molar-refractivity contribution in [3.8, 4) is 11.5 Å². The van der Waals surface area contributed by atoms with Crippen LogP contribution in [0.5, 0.6) is 11.5 Å². The molecule has 0 saturated carbocycles. The lowest BCUT2D eigenvalue weighted by Crippen LogP contribution is -2.17. The monoisotopic (exact) mass is 363 g/mol. The predicted octanol–water partition coefficient (Wildman–Crippen LogP) is 4.44. The molecule has 4 nitrogen and oxygen atoms in total. The van der Waals surface area contributed by atoms with Gasteiger partial charge >= 0.3 is 0 Å². The molecule has 0 amide bonds. The summed E-state index contributed by atoms with van der Waals surface area (Å²) in [6, 6.07) is 13.8. The van der Waals surface area contributed by atoms with Crippen molar-refractivity contribution < 1.29 is 14.2 Å². The zero-order valence-electron chi connectivity index (χ0n) is 14.9. The summed E-state index contributed by atoms with van der Waals surface area (Å²) in [5.41, 5.74) is 2.09. The summed E-state index contributed by atoms with van der Waals surface area (Å²) < 4.78 is 16.9. The molecule has 0 aromatic heterocycles. The fraction of sp³-hybridized carbons (Fsp3) is 0.400. The molecule has 0 saturated heterocycles. The highest BCUT2D eigenvalue weighted by molar-refractivity contribution is 6.30. The van der Waals surface area contributed by atoms with E-state index >= 15 is 0 Å². The SMILES string of the molecule is CCOCCCNCc1cc(Cl)cc(OC)c1OCc1ccccc1. The van der Waals surface area contributed by atoms with E-state index in [4.69, 9.17) is 25.8 Å². The van der Waals surface area contributed by atoms with E-state index in [0.717, 1.165) is 43.1 Å². The van der Waals surface area contributed by atoms with Gasteiger partial charge in [0.15, 0.2) is 11.5 Å². The van der Waals surface area contributed by atoms with Gasteiger partial charge in [0.2, 0.25) is 0 Å². The summed E-state index contributed by atoms with van der Waals surface area (Å²) in [5.74, 6) is 1.38. The summed E-state index contributed by atoms with van der Waals surface area (Å²) in [5, 5.41) is 4.04. The Kier molecular flexibility index (Phi) is 8.60. The first-order chi connectivity index (χ1) is 12.2. The molecule has 0 spiro atoms. The van der Waals surface area contributed by atoms with E-state index in [2.05, 4.69) is 5.32 Å². The van der Waals surface area contributed by atoms with Crippen LogP contribution in [0.2, 0.25) is 5.02 Å². The molecule has 0 fully saturated rings. The molecular weight excluding hydrogens is 338 g/mol. The second kappa shape index (κ2) is 11.0. The highest BCUT2D eigenvalue weighted by Crippen LogP contribution is 2.35. The van der Waals surface area contributed by atoms with Gasteiger partial charge in [-0.3, -0.25) is 0 Å². The Morgan fingerprint density at radius 3 is 2.64 bits per heavy atom. The van der Waals surface area contributed by atoms with Gasteiger partial charge in [-0.1, -0.05) is 41.9 Å². The Labute approximate surface area is 155 Å². The van der Waals surface area contributed by atoms with E-state index in [-0.39, 0.29) is 0 Å². The first-order valence-corrected chi connectivity index (χ1v) is 8.94. The van der Waals surface area contributed by atoms with Crippen molar-refractivity contribution >= 4 is 11.6 Å². The Balaban J connectivity index is 2.02. The summed E-state index contributed by atoms with van der Waals surface area (Å²) in [7, 11) is 1.63. The predicted molar refractivity (Wildman–Crippen MR) is 102 cm³/mol. The second-order valence-electron chi connectivity index (χ2n) is 5.60. The molecule has 5 heteroatoms. The van der Waals surface area contributed by atoms with E-state index in [1.165, 1.54) is 0 Å². The minimum Gasteiger partial charge on any atom is -0.493 e. The third kappa shape index (κ3) is 6.58. The molecule has 0 radical (unpaired) electrons. The van der Waals surface area contributed by atoms with Crippen LogP contribution in [-0.2, 0) is 17.9 Å². The summed E-state index contributed by atoms with van der Waals surface area (Å²) in [6.45, 7) is 5.53. The summed E-state index contributed by atoms with van der Waals surface area (Å²) >= 11 is 6.22. The number of halogens is 1. The lowest BCUT2D eigenvalue weighted by Gasteiger charge is -2.16. The maximum Gasteiger partial charge on any atom is 0.166 e. The van der Waals surface area contributed by atoms with Crippen molar-refractivity contribution in [3.63, 3.8) is 0 Å². The average Bonchev–Trinajstić information content (AvgIpc) is 2.64. The molecule has 0 aliphatic heterocycles. The van der Waals surface area contributed by atoms with E-state index < -0.39 is 0 Å². The number of ether oxygens (including phenoxy) is 3. The van der Waals surface area contributed by atoms with Crippen molar-refractivity contribution in [2.24, 2.45) is 0 Å². The van der Waals surface area contributed by atoms with E-state index in [9.17, 15) is 0 Å². The zero-order chi connectivity index (χ0) is 17.9. The largest absolute Gasteiger partial charge is 0.493 e. The van der Waals surface area contributed by atoms with E-state index in [1.54, 1.807) is 13.2 Å². The lowest BCUT2D eigenvalue weighted by molar-refractivity contribution is 0.144. The maximum atomic E-state index is 6.22. The van der Waals surface area contributed by atoms with Crippen LogP contribution in [0.4, 0.5) is 0 Å². The maximum absolute atomic E-state index is 6.22. The number of hydrogen-bond donors (Lipinski definition) is 1. The number of methoxy groups -OCH3 is 1. The van der Waals surface area contributed by atoms with Gasteiger partial charge < -0.3 is 19.5 Å². The van der Waals surface area contributed by atoms with E-state index in [0.29, 0.717) is 23.9 Å². The summed E-state index contributed by atoms with van der Waals surface area (Å²) in [6.07, 6.45) is 0.964. The average molecular weight is 364 g/mol. The van der Waals surface area contributed by atoms with Gasteiger partial charge in [-0.25, -0.2) is 0 Å². The molecule has 0 aliphatic carbocycles. The van der Waals surface area contributed by atoms with Crippen molar-refractivity contribution in [2.45, 2.75) is 26.5 Å². The molecule has 136 valence electrons. The highest BCUT2D eigenvalue weighted by Gasteiger charge is 2.13. The Hall–Kier alpha value is -1.75. The molecule has 2 rings (SSSR count). The molecule has 0 aliphatic rings. The fourth-order valence-corrected chi connectivity index (χ4v) is 2.70. The molecule has 2 aromatic carbocycles. The number of nitrogens with one attached hydrogen (secondary N) is 1. The number of hydrogen-bond acceptors (Lipinski definition) is 4. The van der Waals surface area contributed by atoms with Gasteiger partial charge in [-0.05, 0) is 31.5 Å². The van der Waals surface area contributed by atoms with Crippen LogP contribution >= 0.6 is 11.6 Å². The minimum atomic E-state index is 0.482. The van der Waals surface area contributed by atoms with Crippen molar-refractivity contribution in [3.05, 3.63) is 58.6 Å². The van der Waals surface area contributed by atoms with Gasteiger partial charge in [-0.15, -0.1) is 0 Å². The van der Waals surface area contributed by atoms with Crippen LogP contribution in [0.15, 0.2) is 42.5 Å². The van der Waals surface area contributed by atoms with Gasteiger partial charge in [-0.2, -0.15) is 0 Å². The lowest BCUT2D eigenvalue weighted by atomic mass is 10.1. The molecule has 25 heavy (non-hydrogen) atoms. The first kappa shape index (κ1) is 19.6. The van der Waals surface area contributed by atoms with Gasteiger partial charge in [0, 0.05) is 36.4 Å². The van der Waals surface area contributed by atoms with Crippen LogP contribution in [0.3, 0.4) is 0 Å². The van der Waals surface area contributed by atoms with E-state index in [1.807, 2.05) is 43.3 Å². The molecule has 0 bridgehead atoms. The Bertz CT molecular complexity index is 634. The minimum absolute atomic E-state index is 0.482. The van der Waals surface area contributed by atoms with Crippen LogP contribution in [0, 0.1) is 0 Å². The quantitative estimate of drug-likeness (QED) is 0.599. The van der Waals surface area contributed by atoms with Gasteiger partial charge in [0.05, 0.1) is 7.11 Å². The number of rotatable bonds is 11. The Morgan fingerprint density at radius 1 is 1.12 bits per heavy atom. The highest BCUT2D eigenvalue weighted by atomic mass is 35.5. The van der Waals surface area contributed by atoms with Gasteiger partial charge in [0.1, 0.15) is 6.61 Å². The van der Waals surface area contributed by atoms with Crippen molar-refractivity contribution in [1.29, 1.82) is 0 Å². The molecule has 1 N–H and O–H groups in total. The normalized spacial score (nSPS) is 10.7. The molecule has 2 aromatic rings. The van der Waals surface area contributed by atoms with Crippen LogP contribution < -0.4 is 14.8 Å². The summed E-state index contributed by atoms with van der Waals surface area (Å²) in [4.78, 5) is 0. The number of benzene rings is 2. The smallest absolute Gasteiger partial charge is 0.166 e. The molecule has 0 heterocycles. The second-order valence-corrected chi connectivity index (χ2v) is 6.03. The van der Waals surface area contributed by atoms with Crippen LogP contribution in [0.25, 0.3) is 0 Å².